The van der Waals surface area contributed by atoms with Crippen LogP contribution in [0.3, 0.4) is 0 Å². The van der Waals surface area contributed by atoms with Crippen molar-refractivity contribution in [2.24, 2.45) is 5.41 Å². The highest BCUT2D eigenvalue weighted by molar-refractivity contribution is 5.88. The van der Waals surface area contributed by atoms with Gasteiger partial charge in [0.1, 0.15) is 11.6 Å². The van der Waals surface area contributed by atoms with Gasteiger partial charge in [0.2, 0.25) is 5.91 Å². The highest BCUT2D eigenvalue weighted by Crippen LogP contribution is 2.25. The fourth-order valence-corrected chi connectivity index (χ4v) is 4.34. The average Bonchev–Trinajstić information content (AvgIpc) is 2.77. The molecule has 0 aromatic heterocycles. The van der Waals surface area contributed by atoms with Crippen LogP contribution in [0, 0.1) is 16.7 Å². The number of hydrogen-bond donors (Lipinski definition) is 2. The molecule has 1 atom stereocenters. The van der Waals surface area contributed by atoms with Crippen LogP contribution in [0.4, 0.5) is 4.79 Å². The summed E-state index contributed by atoms with van der Waals surface area (Å²) in [6.45, 7) is 13.1. The first kappa shape index (κ1) is 26.4. The highest BCUT2D eigenvalue weighted by Gasteiger charge is 2.39. The number of nitriles is 1. The molecule has 2 heterocycles. The number of nitrogens with one attached hydrogen (secondary N) is 2. The molecule has 0 saturated carbocycles. The maximum absolute atomic E-state index is 13.3. The van der Waals surface area contributed by atoms with Crippen molar-refractivity contribution in [2.75, 3.05) is 45.9 Å². The van der Waals surface area contributed by atoms with E-state index >= 15 is 0 Å². The monoisotopic (exact) mass is 449 g/mol. The number of unbranched alkanes of at least 4 members (excludes halogenated alkanes) is 3. The molecule has 2 N–H and O–H groups in total. The predicted octanol–water partition coefficient (Wildman–Crippen LogP) is 2.89. The summed E-state index contributed by atoms with van der Waals surface area (Å²) in [5, 5.41) is 15.9. The first-order valence-corrected chi connectivity index (χ1v) is 12.3. The molecule has 2 rings (SSSR count). The van der Waals surface area contributed by atoms with Crippen molar-refractivity contribution >= 4 is 11.9 Å². The van der Waals surface area contributed by atoms with E-state index in [1.807, 2.05) is 20.8 Å². The molecule has 2 aliphatic rings. The van der Waals surface area contributed by atoms with Crippen molar-refractivity contribution in [3.05, 3.63) is 0 Å². The van der Waals surface area contributed by atoms with Gasteiger partial charge in [0.15, 0.2) is 0 Å². The Balaban J connectivity index is 1.96. The van der Waals surface area contributed by atoms with Crippen LogP contribution in [0.5, 0.6) is 0 Å². The van der Waals surface area contributed by atoms with Crippen LogP contribution >= 0.6 is 0 Å². The summed E-state index contributed by atoms with van der Waals surface area (Å²) in [6, 6.07) is 1.46. The number of hydrogen-bond acceptors (Lipinski definition) is 5. The standard InChI is InChI=1S/C24H43N5O3/c1-5-6-7-8-11-28-12-9-24(19-25,10-13-28)27-21(30)20(18-23(2,3)4)26-22(31)29-14-16-32-17-15-29/h20H,5-18H2,1-4H3,(H,26,31)(H,27,30). The van der Waals surface area contributed by atoms with Crippen LogP contribution in [-0.4, -0.2) is 79.3 Å². The van der Waals surface area contributed by atoms with E-state index in [4.69, 9.17) is 4.74 Å². The molecule has 8 heteroatoms. The van der Waals surface area contributed by atoms with Crippen molar-refractivity contribution in [1.82, 2.24) is 20.4 Å². The topological polar surface area (TPSA) is 97.7 Å². The van der Waals surface area contributed by atoms with Gasteiger partial charge in [-0.25, -0.2) is 4.79 Å². The van der Waals surface area contributed by atoms with Gasteiger partial charge in [-0.05, 0) is 37.6 Å². The molecule has 3 amide bonds. The van der Waals surface area contributed by atoms with Crippen LogP contribution in [0.1, 0.15) is 72.6 Å². The second-order valence-corrected chi connectivity index (χ2v) is 10.5. The highest BCUT2D eigenvalue weighted by atomic mass is 16.5. The van der Waals surface area contributed by atoms with Crippen LogP contribution in [0.2, 0.25) is 0 Å². The molecule has 182 valence electrons. The zero-order valence-electron chi connectivity index (χ0n) is 20.5. The maximum Gasteiger partial charge on any atom is 0.318 e. The van der Waals surface area contributed by atoms with Gasteiger partial charge >= 0.3 is 6.03 Å². The molecule has 2 saturated heterocycles. The molecule has 0 radical (unpaired) electrons. The van der Waals surface area contributed by atoms with Crippen molar-refractivity contribution in [3.8, 4) is 6.07 Å². The van der Waals surface area contributed by atoms with Crippen molar-refractivity contribution in [3.63, 3.8) is 0 Å². The number of piperidine rings is 1. The van der Waals surface area contributed by atoms with E-state index in [2.05, 4.69) is 28.5 Å². The van der Waals surface area contributed by atoms with Crippen molar-refractivity contribution in [1.29, 1.82) is 5.26 Å². The number of ether oxygens (including phenoxy) is 1. The third-order valence-corrected chi connectivity index (χ3v) is 6.34. The molecule has 0 spiro atoms. The van der Waals surface area contributed by atoms with Crippen LogP contribution in [0.15, 0.2) is 0 Å². The summed E-state index contributed by atoms with van der Waals surface area (Å²) in [6.07, 6.45) is 6.63. The van der Waals surface area contributed by atoms with Crippen molar-refractivity contribution in [2.45, 2.75) is 84.2 Å². The third-order valence-electron chi connectivity index (χ3n) is 6.34. The van der Waals surface area contributed by atoms with E-state index in [0.29, 0.717) is 45.6 Å². The SMILES string of the molecule is CCCCCCN1CCC(C#N)(NC(=O)C(CC(C)(C)C)NC(=O)N2CCOCC2)CC1. The first-order valence-electron chi connectivity index (χ1n) is 12.3. The van der Waals surface area contributed by atoms with Gasteiger partial charge in [-0.1, -0.05) is 47.0 Å². The lowest BCUT2D eigenvalue weighted by Gasteiger charge is -2.39. The molecule has 0 aromatic carbocycles. The minimum absolute atomic E-state index is 0.151. The Labute approximate surface area is 194 Å². The average molecular weight is 450 g/mol. The fraction of sp³-hybridized carbons (Fsp3) is 0.875. The van der Waals surface area contributed by atoms with Gasteiger partial charge in [0.25, 0.3) is 0 Å². The molecule has 0 aliphatic carbocycles. The van der Waals surface area contributed by atoms with Gasteiger partial charge in [-0.2, -0.15) is 5.26 Å². The second kappa shape index (κ2) is 12.4. The lowest BCUT2D eigenvalue weighted by atomic mass is 9.85. The molecule has 0 aromatic rings. The number of likely N-dealkylation sites (tertiary alicyclic amines) is 1. The Morgan fingerprint density at radius 2 is 1.75 bits per heavy atom. The number of urea groups is 1. The molecule has 2 aliphatic heterocycles. The second-order valence-electron chi connectivity index (χ2n) is 10.5. The van der Waals surface area contributed by atoms with E-state index in [1.54, 1.807) is 4.90 Å². The van der Waals surface area contributed by atoms with E-state index in [-0.39, 0.29) is 17.4 Å². The Hall–Kier alpha value is -1.85. The summed E-state index contributed by atoms with van der Waals surface area (Å²) in [4.78, 5) is 30.1. The Morgan fingerprint density at radius 3 is 2.31 bits per heavy atom. The Morgan fingerprint density at radius 1 is 1.09 bits per heavy atom. The largest absolute Gasteiger partial charge is 0.378 e. The number of nitrogens with zero attached hydrogens (tertiary/aromatic N) is 3. The molecule has 8 nitrogen and oxygen atoms in total. The maximum atomic E-state index is 13.3. The number of carbonyl (C=O) groups is 2. The van der Waals surface area contributed by atoms with Crippen molar-refractivity contribution < 1.29 is 14.3 Å². The molecule has 0 bridgehead atoms. The number of amides is 3. The zero-order chi connectivity index (χ0) is 23.6. The Kier molecular flexibility index (Phi) is 10.2. The van der Waals surface area contributed by atoms with Crippen LogP contribution in [-0.2, 0) is 9.53 Å². The van der Waals surface area contributed by atoms with Gasteiger partial charge in [-0.3, -0.25) is 4.79 Å². The summed E-state index contributed by atoms with van der Waals surface area (Å²) in [5.41, 5.74) is -1.02. The number of rotatable bonds is 9. The molecule has 2 fully saturated rings. The van der Waals surface area contributed by atoms with Crippen LogP contribution in [0.25, 0.3) is 0 Å². The Bertz CT molecular complexity index is 641. The number of carbonyl (C=O) groups excluding carboxylic acids is 2. The minimum atomic E-state index is -0.864. The van der Waals surface area contributed by atoms with E-state index < -0.39 is 11.6 Å². The molecule has 1 unspecified atom stereocenters. The minimum Gasteiger partial charge on any atom is -0.378 e. The van der Waals surface area contributed by atoms with E-state index in [0.717, 1.165) is 19.6 Å². The number of morpholine rings is 1. The molecule has 32 heavy (non-hydrogen) atoms. The van der Waals surface area contributed by atoms with Gasteiger partial charge in [0.05, 0.1) is 19.3 Å². The summed E-state index contributed by atoms with van der Waals surface area (Å²) in [5.74, 6) is -0.264. The molecular formula is C24H43N5O3. The normalized spacial score (nSPS) is 20.3. The van der Waals surface area contributed by atoms with Gasteiger partial charge in [0, 0.05) is 26.2 Å². The van der Waals surface area contributed by atoms with Crippen LogP contribution < -0.4 is 10.6 Å². The summed E-state index contributed by atoms with van der Waals surface area (Å²) in [7, 11) is 0. The quantitative estimate of drug-likeness (QED) is 0.528. The van der Waals surface area contributed by atoms with E-state index in [9.17, 15) is 14.9 Å². The first-order chi connectivity index (χ1) is 15.2. The molecular weight excluding hydrogens is 406 g/mol. The fourth-order valence-electron chi connectivity index (χ4n) is 4.34. The smallest absolute Gasteiger partial charge is 0.318 e. The summed E-state index contributed by atoms with van der Waals surface area (Å²) < 4.78 is 5.32. The lowest BCUT2D eigenvalue weighted by molar-refractivity contribution is -0.125. The summed E-state index contributed by atoms with van der Waals surface area (Å²) >= 11 is 0. The zero-order valence-corrected chi connectivity index (χ0v) is 20.5. The van der Waals surface area contributed by atoms with E-state index in [1.165, 1.54) is 25.7 Å². The predicted molar refractivity (Wildman–Crippen MR) is 125 cm³/mol. The van der Waals surface area contributed by atoms with Gasteiger partial charge in [-0.15, -0.1) is 0 Å². The lowest BCUT2D eigenvalue weighted by Crippen LogP contribution is -2.60. The third kappa shape index (κ3) is 8.59. The van der Waals surface area contributed by atoms with Gasteiger partial charge < -0.3 is 25.2 Å².